The van der Waals surface area contributed by atoms with Crippen molar-refractivity contribution < 1.29 is 0 Å². The van der Waals surface area contributed by atoms with Crippen molar-refractivity contribution >= 4 is 10.9 Å². The van der Waals surface area contributed by atoms with Gasteiger partial charge in [0.05, 0.1) is 5.52 Å². The molecule has 0 amide bonds. The number of rotatable bonds is 5. The van der Waals surface area contributed by atoms with Gasteiger partial charge in [-0.1, -0.05) is 18.2 Å². The number of benzene rings is 1. The van der Waals surface area contributed by atoms with E-state index in [4.69, 9.17) is 0 Å². The molecule has 2 heterocycles. The van der Waals surface area contributed by atoms with Gasteiger partial charge < -0.3 is 10.3 Å². The molecule has 0 spiro atoms. The molecule has 2 aromatic heterocycles. The lowest BCUT2D eigenvalue weighted by atomic mass is 10.1. The lowest BCUT2D eigenvalue weighted by Gasteiger charge is -2.09. The van der Waals surface area contributed by atoms with Crippen LogP contribution < -0.4 is 5.32 Å². The first kappa shape index (κ1) is 12.8. The van der Waals surface area contributed by atoms with Gasteiger partial charge in [0.1, 0.15) is 5.82 Å². The first-order valence-electron chi connectivity index (χ1n) is 6.87. The number of fused-ring (bicyclic) bond motifs is 1. The predicted octanol–water partition coefficient (Wildman–Crippen LogP) is 2.60. The van der Waals surface area contributed by atoms with E-state index in [2.05, 4.69) is 44.5 Å². The van der Waals surface area contributed by atoms with Crippen LogP contribution in [0, 0.1) is 6.92 Å². The monoisotopic (exact) mass is 266 g/mol. The molecule has 0 radical (unpaired) electrons. The van der Waals surface area contributed by atoms with E-state index in [1.54, 1.807) is 6.20 Å². The van der Waals surface area contributed by atoms with Crippen LogP contribution in [0.25, 0.3) is 10.9 Å². The van der Waals surface area contributed by atoms with Crippen molar-refractivity contribution in [3.63, 3.8) is 0 Å². The van der Waals surface area contributed by atoms with Gasteiger partial charge in [-0.25, -0.2) is 4.98 Å². The zero-order valence-corrected chi connectivity index (χ0v) is 11.6. The maximum atomic E-state index is 4.56. The number of aromatic nitrogens is 3. The number of aryl methyl sites for hydroxylation is 1. The molecule has 0 bridgehead atoms. The third kappa shape index (κ3) is 2.86. The average Bonchev–Trinajstić information content (AvgIpc) is 2.96. The Hall–Kier alpha value is -2.20. The first-order chi connectivity index (χ1) is 9.83. The molecule has 1 aromatic carbocycles. The molecular weight excluding hydrogens is 248 g/mol. The van der Waals surface area contributed by atoms with Gasteiger partial charge in [0.25, 0.3) is 0 Å². The molecule has 3 aromatic rings. The summed E-state index contributed by atoms with van der Waals surface area (Å²) in [5, 5.41) is 4.70. The Bertz CT molecular complexity index is 689. The van der Waals surface area contributed by atoms with Crippen LogP contribution in [0.3, 0.4) is 0 Å². The maximum Gasteiger partial charge on any atom is 0.107 e. The SMILES string of the molecule is Cc1cc(CNCCc2ncc[nH]2)c2ccccc2n1. The summed E-state index contributed by atoms with van der Waals surface area (Å²) < 4.78 is 0. The second-order valence-electron chi connectivity index (χ2n) is 4.90. The Morgan fingerprint density at radius 2 is 2.15 bits per heavy atom. The summed E-state index contributed by atoms with van der Waals surface area (Å²) in [6, 6.07) is 10.4. The van der Waals surface area contributed by atoms with Gasteiger partial charge in [0.15, 0.2) is 0 Å². The lowest BCUT2D eigenvalue weighted by molar-refractivity contribution is 0.676. The summed E-state index contributed by atoms with van der Waals surface area (Å²) in [5.74, 6) is 1.02. The van der Waals surface area contributed by atoms with Crippen LogP contribution in [-0.2, 0) is 13.0 Å². The van der Waals surface area contributed by atoms with Gasteiger partial charge in [-0.15, -0.1) is 0 Å². The molecule has 0 fully saturated rings. The van der Waals surface area contributed by atoms with Gasteiger partial charge in [0.2, 0.25) is 0 Å². The minimum Gasteiger partial charge on any atom is -0.349 e. The number of para-hydroxylation sites is 1. The number of H-pyrrole nitrogens is 1. The van der Waals surface area contributed by atoms with Gasteiger partial charge in [-0.2, -0.15) is 0 Å². The third-order valence-corrected chi connectivity index (χ3v) is 3.34. The van der Waals surface area contributed by atoms with Crippen molar-refractivity contribution in [1.82, 2.24) is 20.3 Å². The number of nitrogens with one attached hydrogen (secondary N) is 2. The highest BCUT2D eigenvalue weighted by atomic mass is 14.9. The Kier molecular flexibility index (Phi) is 3.74. The summed E-state index contributed by atoms with van der Waals surface area (Å²) >= 11 is 0. The normalized spacial score (nSPS) is 11.1. The van der Waals surface area contributed by atoms with Crippen LogP contribution in [-0.4, -0.2) is 21.5 Å². The molecule has 0 saturated heterocycles. The Labute approximate surface area is 118 Å². The topological polar surface area (TPSA) is 53.6 Å². The quantitative estimate of drug-likeness (QED) is 0.698. The average molecular weight is 266 g/mol. The highest BCUT2D eigenvalue weighted by Gasteiger charge is 2.03. The van der Waals surface area contributed by atoms with Crippen LogP contribution >= 0.6 is 0 Å². The summed E-state index contributed by atoms with van der Waals surface area (Å²) in [7, 11) is 0. The number of hydrogen-bond donors (Lipinski definition) is 2. The first-order valence-corrected chi connectivity index (χ1v) is 6.87. The van der Waals surface area contributed by atoms with Crippen LogP contribution in [0.15, 0.2) is 42.7 Å². The molecule has 0 aliphatic rings. The highest BCUT2D eigenvalue weighted by molar-refractivity contribution is 5.82. The molecule has 4 nitrogen and oxygen atoms in total. The largest absolute Gasteiger partial charge is 0.349 e. The predicted molar refractivity (Wildman–Crippen MR) is 80.5 cm³/mol. The molecule has 2 N–H and O–H groups in total. The van der Waals surface area contributed by atoms with E-state index in [1.165, 1.54) is 10.9 Å². The summed E-state index contributed by atoms with van der Waals surface area (Å²) in [6.45, 7) is 3.80. The summed E-state index contributed by atoms with van der Waals surface area (Å²) in [6.07, 6.45) is 4.55. The van der Waals surface area contributed by atoms with Gasteiger partial charge >= 0.3 is 0 Å². The fraction of sp³-hybridized carbons (Fsp3) is 0.250. The third-order valence-electron chi connectivity index (χ3n) is 3.34. The number of pyridine rings is 1. The maximum absolute atomic E-state index is 4.56. The van der Waals surface area contributed by atoms with E-state index in [1.807, 2.05) is 19.2 Å². The number of hydrogen-bond acceptors (Lipinski definition) is 3. The minimum atomic E-state index is 0.852. The van der Waals surface area contributed by atoms with E-state index in [-0.39, 0.29) is 0 Å². The van der Waals surface area contributed by atoms with Gasteiger partial charge in [-0.3, -0.25) is 4.98 Å². The van der Waals surface area contributed by atoms with Gasteiger partial charge in [-0.05, 0) is 24.6 Å². The standard InChI is InChI=1S/C16H18N4/c1-12-10-13(14-4-2-3-5-15(14)20-12)11-17-7-6-16-18-8-9-19-16/h2-5,8-10,17H,6-7,11H2,1H3,(H,18,19). The van der Waals surface area contributed by atoms with Crippen LogP contribution in [0.1, 0.15) is 17.1 Å². The molecule has 3 rings (SSSR count). The van der Waals surface area contributed by atoms with Crippen molar-refractivity contribution in [3.05, 3.63) is 59.8 Å². The lowest BCUT2D eigenvalue weighted by Crippen LogP contribution is -2.17. The molecule has 20 heavy (non-hydrogen) atoms. The van der Waals surface area contributed by atoms with Crippen LogP contribution in [0.2, 0.25) is 0 Å². The summed E-state index contributed by atoms with van der Waals surface area (Å²) in [4.78, 5) is 11.9. The van der Waals surface area contributed by atoms with Crippen molar-refractivity contribution in [2.75, 3.05) is 6.54 Å². The van der Waals surface area contributed by atoms with Crippen molar-refractivity contribution in [2.24, 2.45) is 0 Å². The van der Waals surface area contributed by atoms with Crippen LogP contribution in [0.4, 0.5) is 0 Å². The smallest absolute Gasteiger partial charge is 0.107 e. The van der Waals surface area contributed by atoms with Crippen molar-refractivity contribution in [1.29, 1.82) is 0 Å². The molecule has 0 unspecified atom stereocenters. The number of aromatic amines is 1. The van der Waals surface area contributed by atoms with Gasteiger partial charge in [0, 0.05) is 43.0 Å². The van der Waals surface area contributed by atoms with Crippen LogP contribution in [0.5, 0.6) is 0 Å². The number of imidazole rings is 1. The highest BCUT2D eigenvalue weighted by Crippen LogP contribution is 2.17. The molecule has 0 saturated carbocycles. The molecule has 0 atom stereocenters. The van der Waals surface area contributed by atoms with E-state index in [9.17, 15) is 0 Å². The Morgan fingerprint density at radius 3 is 3.00 bits per heavy atom. The molecule has 0 aliphatic carbocycles. The Morgan fingerprint density at radius 1 is 1.25 bits per heavy atom. The minimum absolute atomic E-state index is 0.852. The van der Waals surface area contributed by atoms with E-state index < -0.39 is 0 Å². The van der Waals surface area contributed by atoms with E-state index in [0.717, 1.165) is 36.5 Å². The molecule has 4 heteroatoms. The van der Waals surface area contributed by atoms with E-state index in [0.29, 0.717) is 0 Å². The molecular formula is C16H18N4. The fourth-order valence-corrected chi connectivity index (χ4v) is 2.41. The number of nitrogens with zero attached hydrogens (tertiary/aromatic N) is 2. The van der Waals surface area contributed by atoms with Crippen molar-refractivity contribution in [3.8, 4) is 0 Å². The second-order valence-corrected chi connectivity index (χ2v) is 4.90. The molecule has 0 aliphatic heterocycles. The Balaban J connectivity index is 1.68. The zero-order chi connectivity index (χ0) is 13.8. The second kappa shape index (κ2) is 5.84. The molecule has 102 valence electrons. The van der Waals surface area contributed by atoms with E-state index >= 15 is 0 Å². The zero-order valence-electron chi connectivity index (χ0n) is 11.6. The fourth-order valence-electron chi connectivity index (χ4n) is 2.41. The van der Waals surface area contributed by atoms with Crippen molar-refractivity contribution in [2.45, 2.75) is 19.9 Å². The summed E-state index contributed by atoms with van der Waals surface area (Å²) in [5.41, 5.74) is 3.43.